The molecule has 2 aromatic heterocycles. The molecule has 6 nitrogen and oxygen atoms in total. The highest BCUT2D eigenvalue weighted by atomic mass is 32.2. The molecule has 3 heterocycles. The van der Waals surface area contributed by atoms with Crippen LogP contribution in [0.3, 0.4) is 0 Å². The predicted molar refractivity (Wildman–Crippen MR) is 92.5 cm³/mol. The molecule has 1 N–H and O–H groups in total. The van der Waals surface area contributed by atoms with E-state index in [9.17, 15) is 13.2 Å². The van der Waals surface area contributed by atoms with Crippen molar-refractivity contribution in [2.45, 2.75) is 30.4 Å². The average Bonchev–Trinajstić information content (AvgIpc) is 3.26. The number of piperidine rings is 1. The summed E-state index contributed by atoms with van der Waals surface area (Å²) in [7, 11) is -3.25. The predicted octanol–water partition coefficient (Wildman–Crippen LogP) is 2.63. The lowest BCUT2D eigenvalue weighted by Gasteiger charge is -2.31. The van der Waals surface area contributed by atoms with Gasteiger partial charge in [-0.15, -0.1) is 11.3 Å². The summed E-state index contributed by atoms with van der Waals surface area (Å²) in [6.07, 6.45) is 2.41. The van der Waals surface area contributed by atoms with E-state index in [2.05, 4.69) is 5.32 Å². The molecule has 3 rings (SSSR count). The van der Waals surface area contributed by atoms with Gasteiger partial charge in [-0.05, 0) is 36.4 Å². The highest BCUT2D eigenvalue weighted by Crippen LogP contribution is 2.22. The van der Waals surface area contributed by atoms with Crippen LogP contribution in [0.4, 0.5) is 4.79 Å². The van der Waals surface area contributed by atoms with Gasteiger partial charge in [0.1, 0.15) is 11.5 Å². The summed E-state index contributed by atoms with van der Waals surface area (Å²) in [6, 6.07) is 7.14. The fourth-order valence-electron chi connectivity index (χ4n) is 2.82. The Hall–Kier alpha value is -1.80. The molecule has 0 radical (unpaired) electrons. The van der Waals surface area contributed by atoms with Crippen LogP contribution in [0.1, 0.15) is 23.5 Å². The van der Waals surface area contributed by atoms with Crippen LogP contribution in [-0.2, 0) is 22.1 Å². The van der Waals surface area contributed by atoms with E-state index in [1.807, 2.05) is 17.5 Å². The van der Waals surface area contributed by atoms with Crippen LogP contribution in [0, 0.1) is 0 Å². The Morgan fingerprint density at radius 3 is 2.71 bits per heavy atom. The standard InChI is InChI=1S/C16H20N2O4S2/c19-16(17-11-14-4-2-10-23-14)18-7-5-15(6-8-18)24(20,21)12-13-3-1-9-22-13/h1-4,9-10,15H,5-8,11-12H2,(H,17,19). The van der Waals surface area contributed by atoms with Gasteiger partial charge in [0.25, 0.3) is 0 Å². The number of furan rings is 1. The van der Waals surface area contributed by atoms with E-state index < -0.39 is 15.1 Å². The summed E-state index contributed by atoms with van der Waals surface area (Å²) in [4.78, 5) is 14.9. The quantitative estimate of drug-likeness (QED) is 0.880. The van der Waals surface area contributed by atoms with E-state index in [0.29, 0.717) is 38.2 Å². The maximum atomic E-state index is 12.4. The Balaban J connectivity index is 1.49. The minimum absolute atomic E-state index is 0.0742. The van der Waals surface area contributed by atoms with Gasteiger partial charge in [-0.1, -0.05) is 6.07 Å². The number of carbonyl (C=O) groups is 1. The number of amides is 2. The van der Waals surface area contributed by atoms with Gasteiger partial charge in [0, 0.05) is 18.0 Å². The average molecular weight is 368 g/mol. The number of nitrogens with one attached hydrogen (secondary N) is 1. The van der Waals surface area contributed by atoms with Gasteiger partial charge in [0.15, 0.2) is 9.84 Å². The number of likely N-dealkylation sites (tertiary alicyclic amines) is 1. The molecule has 24 heavy (non-hydrogen) atoms. The van der Waals surface area contributed by atoms with Crippen molar-refractivity contribution in [2.24, 2.45) is 0 Å². The normalized spacial score (nSPS) is 16.2. The van der Waals surface area contributed by atoms with E-state index in [-0.39, 0.29) is 11.8 Å². The van der Waals surface area contributed by atoms with Crippen LogP contribution >= 0.6 is 11.3 Å². The van der Waals surface area contributed by atoms with Crippen molar-refractivity contribution in [2.75, 3.05) is 13.1 Å². The molecule has 0 unspecified atom stereocenters. The van der Waals surface area contributed by atoms with Gasteiger partial charge in [-0.2, -0.15) is 0 Å². The monoisotopic (exact) mass is 368 g/mol. The Morgan fingerprint density at radius 1 is 1.29 bits per heavy atom. The zero-order chi connectivity index (χ0) is 17.0. The van der Waals surface area contributed by atoms with Crippen molar-refractivity contribution >= 4 is 27.2 Å². The van der Waals surface area contributed by atoms with Crippen LogP contribution < -0.4 is 5.32 Å². The minimum Gasteiger partial charge on any atom is -0.468 e. The van der Waals surface area contributed by atoms with Crippen LogP contribution in [0.2, 0.25) is 0 Å². The smallest absolute Gasteiger partial charge is 0.317 e. The Kier molecular flexibility index (Phi) is 5.25. The van der Waals surface area contributed by atoms with Crippen LogP contribution in [0.5, 0.6) is 0 Å². The Morgan fingerprint density at radius 2 is 2.08 bits per heavy atom. The van der Waals surface area contributed by atoms with Crippen molar-refractivity contribution in [1.82, 2.24) is 10.2 Å². The number of nitrogens with zero attached hydrogens (tertiary/aromatic N) is 1. The van der Waals surface area contributed by atoms with Crippen molar-refractivity contribution in [1.29, 1.82) is 0 Å². The van der Waals surface area contributed by atoms with Crippen molar-refractivity contribution in [3.8, 4) is 0 Å². The highest BCUT2D eigenvalue weighted by molar-refractivity contribution is 7.91. The molecule has 1 saturated heterocycles. The van der Waals surface area contributed by atoms with Gasteiger partial charge in [-0.3, -0.25) is 0 Å². The van der Waals surface area contributed by atoms with E-state index in [1.165, 1.54) is 6.26 Å². The third kappa shape index (κ3) is 4.18. The van der Waals surface area contributed by atoms with Gasteiger partial charge in [-0.25, -0.2) is 13.2 Å². The molecule has 1 fully saturated rings. The first-order valence-electron chi connectivity index (χ1n) is 7.84. The lowest BCUT2D eigenvalue weighted by molar-refractivity contribution is 0.186. The van der Waals surface area contributed by atoms with E-state index in [1.54, 1.807) is 28.4 Å². The highest BCUT2D eigenvalue weighted by Gasteiger charge is 2.32. The molecular weight excluding hydrogens is 348 g/mol. The second kappa shape index (κ2) is 7.40. The molecule has 0 aromatic carbocycles. The summed E-state index contributed by atoms with van der Waals surface area (Å²) >= 11 is 1.60. The molecule has 0 saturated carbocycles. The van der Waals surface area contributed by atoms with Gasteiger partial charge in [0.05, 0.1) is 18.1 Å². The molecule has 0 bridgehead atoms. The Bertz CT molecular complexity index is 746. The number of hydrogen-bond donors (Lipinski definition) is 1. The maximum Gasteiger partial charge on any atom is 0.317 e. The summed E-state index contributed by atoms with van der Waals surface area (Å²) < 4.78 is 30.0. The largest absolute Gasteiger partial charge is 0.468 e. The molecule has 8 heteroatoms. The summed E-state index contributed by atoms with van der Waals surface area (Å²) in [5.41, 5.74) is 0. The van der Waals surface area contributed by atoms with Gasteiger partial charge < -0.3 is 14.6 Å². The van der Waals surface area contributed by atoms with E-state index in [4.69, 9.17) is 4.42 Å². The molecule has 0 spiro atoms. The third-order valence-electron chi connectivity index (χ3n) is 4.15. The SMILES string of the molecule is O=C(NCc1cccs1)N1CCC(S(=O)(=O)Cc2ccco2)CC1. The number of urea groups is 1. The second-order valence-electron chi connectivity index (χ2n) is 5.81. The minimum atomic E-state index is -3.25. The topological polar surface area (TPSA) is 79.6 Å². The first kappa shape index (κ1) is 17.0. The van der Waals surface area contributed by atoms with Crippen LogP contribution in [-0.4, -0.2) is 37.7 Å². The first-order chi connectivity index (χ1) is 11.5. The number of carbonyl (C=O) groups excluding carboxylic acids is 1. The van der Waals surface area contributed by atoms with Gasteiger partial charge >= 0.3 is 6.03 Å². The number of rotatable bonds is 5. The molecule has 2 aromatic rings. The van der Waals surface area contributed by atoms with E-state index >= 15 is 0 Å². The number of thiophene rings is 1. The zero-order valence-electron chi connectivity index (χ0n) is 13.2. The maximum absolute atomic E-state index is 12.4. The Labute approximate surface area is 145 Å². The lowest BCUT2D eigenvalue weighted by atomic mass is 10.1. The number of sulfone groups is 1. The summed E-state index contributed by atoms with van der Waals surface area (Å²) in [5.74, 6) is 0.390. The van der Waals surface area contributed by atoms with Crippen molar-refractivity contribution < 1.29 is 17.6 Å². The van der Waals surface area contributed by atoms with Crippen molar-refractivity contribution in [3.05, 3.63) is 46.5 Å². The summed E-state index contributed by atoms with van der Waals surface area (Å²) in [5, 5.41) is 4.43. The summed E-state index contributed by atoms with van der Waals surface area (Å²) in [6.45, 7) is 1.42. The zero-order valence-corrected chi connectivity index (χ0v) is 14.8. The molecular formula is C16H20N2O4S2. The first-order valence-corrected chi connectivity index (χ1v) is 10.4. The molecule has 2 amide bonds. The number of hydrogen-bond acceptors (Lipinski definition) is 5. The van der Waals surface area contributed by atoms with Crippen LogP contribution in [0.25, 0.3) is 0 Å². The van der Waals surface area contributed by atoms with Crippen LogP contribution in [0.15, 0.2) is 40.3 Å². The fraction of sp³-hybridized carbons (Fsp3) is 0.438. The van der Waals surface area contributed by atoms with Crippen molar-refractivity contribution in [3.63, 3.8) is 0 Å². The van der Waals surface area contributed by atoms with E-state index in [0.717, 1.165) is 4.88 Å². The molecule has 0 aliphatic carbocycles. The third-order valence-corrected chi connectivity index (χ3v) is 7.20. The fourth-order valence-corrected chi connectivity index (χ4v) is 5.19. The molecule has 130 valence electrons. The molecule has 0 atom stereocenters. The molecule has 1 aliphatic rings. The lowest BCUT2D eigenvalue weighted by Crippen LogP contribution is -2.46. The molecule has 1 aliphatic heterocycles. The second-order valence-corrected chi connectivity index (χ2v) is 9.12. The van der Waals surface area contributed by atoms with Gasteiger partial charge in [0.2, 0.25) is 0 Å².